The van der Waals surface area contributed by atoms with Crippen LogP contribution in [-0.4, -0.2) is 10.2 Å². The van der Waals surface area contributed by atoms with Crippen molar-refractivity contribution in [3.05, 3.63) is 64.4 Å². The Morgan fingerprint density at radius 1 is 1.14 bits per heavy atom. The minimum Gasteiger partial charge on any atom is -0.411 e. The summed E-state index contributed by atoms with van der Waals surface area (Å²) in [7, 11) is 0. The summed E-state index contributed by atoms with van der Waals surface area (Å²) in [6.07, 6.45) is 0. The topological polar surface area (TPSA) is 38.9 Å². The number of rotatable bonds is 4. The molecule has 0 amide bonds. The van der Waals surface area contributed by atoms with Crippen molar-refractivity contribution in [2.45, 2.75) is 17.9 Å². The third kappa shape index (κ3) is 3.31. The van der Waals surface area contributed by atoms with Crippen LogP contribution in [0, 0.1) is 12.7 Å². The number of hydrogen-bond donors (Lipinski definition) is 0. The van der Waals surface area contributed by atoms with Crippen molar-refractivity contribution in [2.75, 3.05) is 0 Å². The van der Waals surface area contributed by atoms with Gasteiger partial charge in [-0.1, -0.05) is 47.1 Å². The maximum absolute atomic E-state index is 13.7. The summed E-state index contributed by atoms with van der Waals surface area (Å²) >= 11 is 7.25. The molecule has 0 aliphatic carbocycles. The number of thioether (sulfide) groups is 1. The van der Waals surface area contributed by atoms with E-state index in [1.54, 1.807) is 12.1 Å². The lowest BCUT2D eigenvalue weighted by Gasteiger charge is -2.03. The van der Waals surface area contributed by atoms with Gasteiger partial charge in [-0.25, -0.2) is 4.39 Å². The van der Waals surface area contributed by atoms with E-state index in [9.17, 15) is 4.39 Å². The molecule has 0 atom stereocenters. The maximum Gasteiger partial charge on any atom is 0.277 e. The monoisotopic (exact) mass is 334 g/mol. The predicted octanol–water partition coefficient (Wildman–Crippen LogP) is 5.13. The fourth-order valence-corrected chi connectivity index (χ4v) is 2.99. The van der Waals surface area contributed by atoms with Crippen molar-refractivity contribution in [3.8, 4) is 11.5 Å². The second-order valence-corrected chi connectivity index (χ2v) is 6.06. The summed E-state index contributed by atoms with van der Waals surface area (Å²) in [6.45, 7) is 2.01. The Kier molecular flexibility index (Phi) is 4.45. The molecule has 22 heavy (non-hydrogen) atoms. The minimum atomic E-state index is -0.335. The average Bonchev–Trinajstić information content (AvgIpc) is 2.96. The van der Waals surface area contributed by atoms with Crippen LogP contribution < -0.4 is 0 Å². The summed E-state index contributed by atoms with van der Waals surface area (Å²) in [4.78, 5) is 0. The van der Waals surface area contributed by atoms with Crippen molar-refractivity contribution < 1.29 is 8.81 Å². The molecular weight excluding hydrogens is 323 g/mol. The molecule has 3 nitrogen and oxygen atoms in total. The number of nitrogens with zero attached hydrogens (tertiary/aromatic N) is 2. The lowest BCUT2D eigenvalue weighted by Crippen LogP contribution is -1.88. The van der Waals surface area contributed by atoms with E-state index in [4.69, 9.17) is 16.0 Å². The summed E-state index contributed by atoms with van der Waals surface area (Å²) in [6, 6.07) is 12.4. The first-order valence-corrected chi connectivity index (χ1v) is 7.96. The predicted molar refractivity (Wildman–Crippen MR) is 85.4 cm³/mol. The van der Waals surface area contributed by atoms with Crippen LogP contribution in [0.4, 0.5) is 4.39 Å². The zero-order chi connectivity index (χ0) is 15.5. The summed E-state index contributed by atoms with van der Waals surface area (Å²) in [5.74, 6) is 0.446. The Balaban J connectivity index is 1.73. The zero-order valence-electron chi connectivity index (χ0n) is 11.7. The molecule has 0 aliphatic rings. The highest BCUT2D eigenvalue weighted by Gasteiger charge is 2.12. The van der Waals surface area contributed by atoms with Crippen LogP contribution in [0.3, 0.4) is 0 Å². The highest BCUT2D eigenvalue weighted by Crippen LogP contribution is 2.29. The third-order valence-electron chi connectivity index (χ3n) is 3.11. The first-order valence-electron chi connectivity index (χ1n) is 6.60. The van der Waals surface area contributed by atoms with Crippen molar-refractivity contribution in [1.29, 1.82) is 0 Å². The Hall–Kier alpha value is -1.85. The van der Waals surface area contributed by atoms with Crippen molar-refractivity contribution >= 4 is 23.4 Å². The molecule has 0 spiro atoms. The molecule has 2 aromatic carbocycles. The molecule has 0 bridgehead atoms. The van der Waals surface area contributed by atoms with Gasteiger partial charge in [0.1, 0.15) is 5.82 Å². The largest absolute Gasteiger partial charge is 0.411 e. The van der Waals surface area contributed by atoms with Crippen LogP contribution in [-0.2, 0) is 5.75 Å². The number of halogens is 2. The van der Waals surface area contributed by atoms with Gasteiger partial charge in [-0.3, -0.25) is 0 Å². The Morgan fingerprint density at radius 2 is 1.91 bits per heavy atom. The molecule has 1 heterocycles. The molecule has 112 valence electrons. The molecule has 0 fully saturated rings. The van der Waals surface area contributed by atoms with Gasteiger partial charge in [-0.15, -0.1) is 10.2 Å². The number of hydrogen-bond acceptors (Lipinski definition) is 4. The summed E-state index contributed by atoms with van der Waals surface area (Å²) in [5, 5.41) is 8.76. The molecule has 0 saturated heterocycles. The van der Waals surface area contributed by atoms with E-state index in [2.05, 4.69) is 10.2 Å². The molecule has 0 saturated carbocycles. The average molecular weight is 335 g/mol. The fourth-order valence-electron chi connectivity index (χ4n) is 1.89. The van der Waals surface area contributed by atoms with Crippen molar-refractivity contribution in [2.24, 2.45) is 0 Å². The van der Waals surface area contributed by atoms with Crippen LogP contribution in [0.2, 0.25) is 5.02 Å². The normalized spacial score (nSPS) is 10.9. The standard InChI is InChI=1S/C16H12ClFN2OS/c1-10-5-7-11(8-6-10)15-19-20-16(21-15)22-9-12-13(17)3-2-4-14(12)18/h2-8H,9H2,1H3. The van der Waals surface area contributed by atoms with Crippen LogP contribution in [0.15, 0.2) is 52.1 Å². The molecule has 1 aromatic heterocycles. The van der Waals surface area contributed by atoms with Crippen molar-refractivity contribution in [1.82, 2.24) is 10.2 Å². The number of aromatic nitrogens is 2. The van der Waals surface area contributed by atoms with Gasteiger partial charge in [0.2, 0.25) is 5.89 Å². The van der Waals surface area contributed by atoms with E-state index in [0.29, 0.717) is 27.5 Å². The van der Waals surface area contributed by atoms with E-state index in [1.807, 2.05) is 31.2 Å². The molecule has 6 heteroatoms. The molecule has 0 aliphatic heterocycles. The van der Waals surface area contributed by atoms with E-state index >= 15 is 0 Å². The van der Waals surface area contributed by atoms with Gasteiger partial charge in [-0.2, -0.15) is 0 Å². The summed E-state index contributed by atoms with van der Waals surface area (Å²) in [5.41, 5.74) is 2.45. The zero-order valence-corrected chi connectivity index (χ0v) is 13.3. The van der Waals surface area contributed by atoms with Gasteiger partial charge in [0.05, 0.1) is 0 Å². The SMILES string of the molecule is Cc1ccc(-c2nnc(SCc3c(F)cccc3Cl)o2)cc1. The molecule has 3 aromatic rings. The minimum absolute atomic E-state index is 0.334. The molecule has 0 unspecified atom stereocenters. The number of aryl methyl sites for hydroxylation is 1. The van der Waals surface area contributed by atoms with Crippen LogP contribution in [0.5, 0.6) is 0 Å². The maximum atomic E-state index is 13.7. The van der Waals surface area contributed by atoms with Gasteiger partial charge < -0.3 is 4.42 Å². The van der Waals surface area contributed by atoms with Crippen LogP contribution >= 0.6 is 23.4 Å². The second kappa shape index (κ2) is 6.50. The van der Waals surface area contributed by atoms with E-state index < -0.39 is 0 Å². The fraction of sp³-hybridized carbons (Fsp3) is 0.125. The second-order valence-electron chi connectivity index (χ2n) is 4.73. The van der Waals surface area contributed by atoms with Crippen LogP contribution in [0.1, 0.15) is 11.1 Å². The Morgan fingerprint density at radius 3 is 2.64 bits per heavy atom. The molecule has 0 N–H and O–H groups in total. The molecule has 0 radical (unpaired) electrons. The van der Waals surface area contributed by atoms with Gasteiger partial charge >= 0.3 is 0 Å². The lowest BCUT2D eigenvalue weighted by atomic mass is 10.1. The lowest BCUT2D eigenvalue weighted by molar-refractivity contribution is 0.465. The highest BCUT2D eigenvalue weighted by atomic mass is 35.5. The summed E-state index contributed by atoms with van der Waals surface area (Å²) < 4.78 is 19.3. The number of benzene rings is 2. The van der Waals surface area contributed by atoms with Gasteiger partial charge in [0.15, 0.2) is 0 Å². The first kappa shape index (κ1) is 15.1. The Labute approximate surface area is 136 Å². The Bertz CT molecular complexity index is 769. The van der Waals surface area contributed by atoms with E-state index in [1.165, 1.54) is 17.8 Å². The molecular formula is C16H12ClFN2OS. The third-order valence-corrected chi connectivity index (χ3v) is 4.31. The van der Waals surface area contributed by atoms with Gasteiger partial charge in [0, 0.05) is 21.9 Å². The van der Waals surface area contributed by atoms with Gasteiger partial charge in [-0.05, 0) is 31.2 Å². The smallest absolute Gasteiger partial charge is 0.277 e. The van der Waals surface area contributed by atoms with Crippen LogP contribution in [0.25, 0.3) is 11.5 Å². The van der Waals surface area contributed by atoms with Gasteiger partial charge in [0.25, 0.3) is 5.22 Å². The van der Waals surface area contributed by atoms with E-state index in [-0.39, 0.29) is 5.82 Å². The quantitative estimate of drug-likeness (QED) is 0.620. The van der Waals surface area contributed by atoms with Crippen molar-refractivity contribution in [3.63, 3.8) is 0 Å². The highest BCUT2D eigenvalue weighted by molar-refractivity contribution is 7.98. The first-order chi connectivity index (χ1) is 10.6. The molecule has 3 rings (SSSR count). The van der Waals surface area contributed by atoms with E-state index in [0.717, 1.165) is 11.1 Å².